The van der Waals surface area contributed by atoms with Crippen LogP contribution >= 0.6 is 18.1 Å². The van der Waals surface area contributed by atoms with Crippen molar-refractivity contribution in [2.24, 2.45) is 11.8 Å². The molecule has 1 aliphatic carbocycles. The fraction of sp³-hybridized carbons (Fsp3) is 1.00. The minimum Gasteiger partial charge on any atom is -0.322 e. The van der Waals surface area contributed by atoms with Crippen LogP contribution in [0.25, 0.3) is 0 Å². The fourth-order valence-corrected chi connectivity index (χ4v) is 3.99. The standard InChI is InChI=1S/C9H17ClNO2P/c10-14(12,13)11-6-5-8-3-1-2-4-9(8)7-11/h8-9H,1-7H2,(H,12,13). The van der Waals surface area contributed by atoms with Crippen LogP contribution in [0.1, 0.15) is 32.1 Å². The van der Waals surface area contributed by atoms with Crippen molar-refractivity contribution in [2.75, 3.05) is 13.1 Å². The van der Waals surface area contributed by atoms with Gasteiger partial charge in [-0.25, -0.2) is 4.67 Å². The monoisotopic (exact) mass is 237 g/mol. The molecule has 2 fully saturated rings. The van der Waals surface area contributed by atoms with Crippen LogP contribution in [-0.4, -0.2) is 22.7 Å². The van der Waals surface area contributed by atoms with Crippen molar-refractivity contribution in [3.63, 3.8) is 0 Å². The summed E-state index contributed by atoms with van der Waals surface area (Å²) in [6, 6.07) is 0. The van der Waals surface area contributed by atoms with E-state index in [-0.39, 0.29) is 0 Å². The van der Waals surface area contributed by atoms with E-state index in [2.05, 4.69) is 0 Å². The van der Waals surface area contributed by atoms with Gasteiger partial charge in [-0.1, -0.05) is 19.3 Å². The largest absolute Gasteiger partial charge is 0.360 e. The number of hydrogen-bond donors (Lipinski definition) is 1. The Morgan fingerprint density at radius 3 is 2.50 bits per heavy atom. The maximum atomic E-state index is 11.3. The summed E-state index contributed by atoms with van der Waals surface area (Å²) in [6.45, 7) is -2.08. The second kappa shape index (κ2) is 4.13. The van der Waals surface area contributed by atoms with Gasteiger partial charge in [-0.05, 0) is 35.9 Å². The van der Waals surface area contributed by atoms with E-state index < -0.39 is 6.87 Å². The van der Waals surface area contributed by atoms with Crippen LogP contribution in [0.15, 0.2) is 0 Å². The number of halogens is 1. The maximum Gasteiger partial charge on any atom is 0.360 e. The van der Waals surface area contributed by atoms with Crippen molar-refractivity contribution >= 4 is 18.1 Å². The van der Waals surface area contributed by atoms with Gasteiger partial charge in [0.1, 0.15) is 0 Å². The number of hydrogen-bond acceptors (Lipinski definition) is 1. The molecular weight excluding hydrogens is 221 g/mol. The molecule has 14 heavy (non-hydrogen) atoms. The van der Waals surface area contributed by atoms with Crippen molar-refractivity contribution in [1.29, 1.82) is 0 Å². The summed E-state index contributed by atoms with van der Waals surface area (Å²) in [5, 5.41) is 0. The predicted octanol–water partition coefficient (Wildman–Crippen LogP) is 2.84. The van der Waals surface area contributed by atoms with Crippen molar-refractivity contribution in [2.45, 2.75) is 32.1 Å². The molecule has 2 aliphatic rings. The highest BCUT2D eigenvalue weighted by Gasteiger charge is 2.36. The smallest absolute Gasteiger partial charge is 0.322 e. The Morgan fingerprint density at radius 2 is 1.86 bits per heavy atom. The SMILES string of the molecule is O=P(O)(Cl)N1CCC2CCCCC2C1. The molecule has 1 aliphatic heterocycles. The minimum absolute atomic E-state index is 0.608. The average molecular weight is 238 g/mol. The number of rotatable bonds is 1. The summed E-state index contributed by atoms with van der Waals surface area (Å²) in [5.74, 6) is 1.39. The Morgan fingerprint density at radius 1 is 1.21 bits per heavy atom. The zero-order valence-corrected chi connectivity index (χ0v) is 9.88. The molecule has 1 saturated heterocycles. The van der Waals surface area contributed by atoms with Crippen LogP contribution in [0.4, 0.5) is 0 Å². The third-order valence-corrected chi connectivity index (χ3v) is 5.32. The molecule has 0 aromatic rings. The van der Waals surface area contributed by atoms with E-state index in [1.165, 1.54) is 25.7 Å². The van der Waals surface area contributed by atoms with Crippen LogP contribution in [0, 0.1) is 11.8 Å². The molecule has 82 valence electrons. The first-order valence-electron chi connectivity index (χ1n) is 5.35. The molecule has 3 atom stereocenters. The summed E-state index contributed by atoms with van der Waals surface area (Å²) in [6.07, 6.45) is 6.16. The third-order valence-electron chi connectivity index (χ3n) is 3.62. The van der Waals surface area contributed by atoms with Crippen LogP contribution in [-0.2, 0) is 4.57 Å². The van der Waals surface area contributed by atoms with Gasteiger partial charge in [0.2, 0.25) is 0 Å². The molecule has 0 aromatic carbocycles. The van der Waals surface area contributed by atoms with Gasteiger partial charge >= 0.3 is 6.87 Å². The second-order valence-corrected chi connectivity index (χ2v) is 7.31. The molecule has 5 heteroatoms. The summed E-state index contributed by atoms with van der Waals surface area (Å²) in [4.78, 5) is 9.28. The van der Waals surface area contributed by atoms with Crippen LogP contribution < -0.4 is 0 Å². The fourth-order valence-electron chi connectivity index (χ4n) is 2.81. The summed E-state index contributed by atoms with van der Waals surface area (Å²) >= 11 is 5.48. The van der Waals surface area contributed by atoms with Gasteiger partial charge in [-0.15, -0.1) is 0 Å². The lowest BCUT2D eigenvalue weighted by Gasteiger charge is -2.41. The second-order valence-electron chi connectivity index (χ2n) is 4.48. The third kappa shape index (κ3) is 2.33. The van der Waals surface area contributed by atoms with Crippen LogP contribution in [0.2, 0.25) is 0 Å². The minimum atomic E-state index is -3.50. The lowest BCUT2D eigenvalue weighted by molar-refractivity contribution is 0.130. The van der Waals surface area contributed by atoms with Gasteiger partial charge < -0.3 is 4.89 Å². The van der Waals surface area contributed by atoms with Crippen LogP contribution in [0.5, 0.6) is 0 Å². The van der Waals surface area contributed by atoms with Crippen molar-refractivity contribution in [3.8, 4) is 0 Å². The molecule has 3 unspecified atom stereocenters. The van der Waals surface area contributed by atoms with Crippen molar-refractivity contribution in [1.82, 2.24) is 4.67 Å². The highest BCUT2D eigenvalue weighted by molar-refractivity contribution is 7.82. The Kier molecular flexibility index (Phi) is 3.23. The zero-order valence-electron chi connectivity index (χ0n) is 8.23. The molecule has 0 aromatic heterocycles. The first kappa shape index (κ1) is 10.9. The van der Waals surface area contributed by atoms with E-state index in [0.29, 0.717) is 12.5 Å². The maximum absolute atomic E-state index is 11.3. The molecule has 0 spiro atoms. The van der Waals surface area contributed by atoms with Crippen molar-refractivity contribution < 1.29 is 9.46 Å². The van der Waals surface area contributed by atoms with Gasteiger partial charge in [0, 0.05) is 13.1 Å². The summed E-state index contributed by atoms with van der Waals surface area (Å²) in [7, 11) is 0. The summed E-state index contributed by atoms with van der Waals surface area (Å²) < 4.78 is 12.9. The normalized spacial score (nSPS) is 38.7. The van der Waals surface area contributed by atoms with E-state index in [0.717, 1.165) is 18.9 Å². The van der Waals surface area contributed by atoms with Gasteiger partial charge in [0.05, 0.1) is 0 Å². The molecule has 1 saturated carbocycles. The molecule has 1 heterocycles. The molecule has 2 rings (SSSR count). The van der Waals surface area contributed by atoms with Gasteiger partial charge in [-0.3, -0.25) is 4.57 Å². The average Bonchev–Trinajstić information content (AvgIpc) is 2.16. The number of piperidine rings is 1. The first-order chi connectivity index (χ1) is 6.57. The van der Waals surface area contributed by atoms with E-state index >= 15 is 0 Å². The van der Waals surface area contributed by atoms with Crippen LogP contribution in [0.3, 0.4) is 0 Å². The zero-order chi connectivity index (χ0) is 10.2. The molecular formula is C9H17ClNO2P. The van der Waals surface area contributed by atoms with Gasteiger partial charge in [-0.2, -0.15) is 0 Å². The lowest BCUT2D eigenvalue weighted by Crippen LogP contribution is -2.39. The number of nitrogens with zero attached hydrogens (tertiary/aromatic N) is 1. The molecule has 0 bridgehead atoms. The lowest BCUT2D eigenvalue weighted by atomic mass is 9.76. The highest BCUT2D eigenvalue weighted by atomic mass is 35.7. The quantitative estimate of drug-likeness (QED) is 0.713. The molecule has 3 nitrogen and oxygen atoms in total. The van der Waals surface area contributed by atoms with Gasteiger partial charge in [0.25, 0.3) is 0 Å². The Labute approximate surface area is 89.7 Å². The number of fused-ring (bicyclic) bond motifs is 1. The van der Waals surface area contributed by atoms with E-state index in [9.17, 15) is 9.46 Å². The first-order valence-corrected chi connectivity index (χ1v) is 7.87. The molecule has 0 amide bonds. The Hall–Kier alpha value is 0.440. The Balaban J connectivity index is 1.99. The summed E-state index contributed by atoms with van der Waals surface area (Å²) in [5.41, 5.74) is 0. The molecule has 0 radical (unpaired) electrons. The van der Waals surface area contributed by atoms with E-state index in [1.807, 2.05) is 0 Å². The highest BCUT2D eigenvalue weighted by Crippen LogP contribution is 2.53. The van der Waals surface area contributed by atoms with Gasteiger partial charge in [0.15, 0.2) is 0 Å². The van der Waals surface area contributed by atoms with E-state index in [4.69, 9.17) is 11.2 Å². The van der Waals surface area contributed by atoms with E-state index in [1.54, 1.807) is 4.67 Å². The predicted molar refractivity (Wildman–Crippen MR) is 57.3 cm³/mol. The topological polar surface area (TPSA) is 40.5 Å². The molecule has 1 N–H and O–H groups in total. The Bertz CT molecular complexity index is 255. The van der Waals surface area contributed by atoms with Crippen molar-refractivity contribution in [3.05, 3.63) is 0 Å².